The van der Waals surface area contributed by atoms with Crippen LogP contribution in [-0.2, 0) is 0 Å². The lowest BCUT2D eigenvalue weighted by molar-refractivity contribution is 0.408. The number of methoxy groups -OCH3 is 1. The number of ether oxygens (including phenoxy) is 1. The number of hydrogen-bond donors (Lipinski definition) is 0. The minimum Gasteiger partial charge on any atom is -0.496 e. The van der Waals surface area contributed by atoms with Crippen LogP contribution in [0.5, 0.6) is 5.75 Å². The maximum atomic E-state index is 6.66. The second-order valence-corrected chi connectivity index (χ2v) is 6.37. The van der Waals surface area contributed by atoms with Gasteiger partial charge < -0.3 is 4.74 Å². The molecule has 0 N–H and O–H groups in total. The molecule has 0 spiro atoms. The van der Waals surface area contributed by atoms with Crippen molar-refractivity contribution < 1.29 is 4.74 Å². The van der Waals surface area contributed by atoms with Gasteiger partial charge in [0.25, 0.3) is 0 Å². The zero-order chi connectivity index (χ0) is 14.9. The van der Waals surface area contributed by atoms with Crippen molar-refractivity contribution in [2.75, 3.05) is 7.11 Å². The highest BCUT2D eigenvalue weighted by Gasteiger charge is 2.16. The Morgan fingerprint density at radius 3 is 2.15 bits per heavy atom. The number of hydrogen-bond acceptors (Lipinski definition) is 1. The van der Waals surface area contributed by atoms with Gasteiger partial charge >= 0.3 is 0 Å². The van der Waals surface area contributed by atoms with Crippen LogP contribution in [-0.4, -0.2) is 7.11 Å². The molecule has 0 aliphatic rings. The summed E-state index contributed by atoms with van der Waals surface area (Å²) in [6.45, 7) is 6.16. The van der Waals surface area contributed by atoms with Crippen LogP contribution in [0.2, 0.25) is 0 Å². The summed E-state index contributed by atoms with van der Waals surface area (Å²) in [5.41, 5.74) is 5.60. The van der Waals surface area contributed by atoms with Crippen molar-refractivity contribution in [3.05, 3.63) is 62.6 Å². The van der Waals surface area contributed by atoms with Crippen LogP contribution < -0.4 is 4.74 Å². The molecule has 0 aliphatic carbocycles. The first-order chi connectivity index (χ1) is 9.43. The highest BCUT2D eigenvalue weighted by Crippen LogP contribution is 2.37. The molecule has 3 heteroatoms. The van der Waals surface area contributed by atoms with E-state index < -0.39 is 0 Å². The first kappa shape index (κ1) is 15.4. The van der Waals surface area contributed by atoms with E-state index in [4.69, 9.17) is 16.3 Å². The van der Waals surface area contributed by atoms with Gasteiger partial charge in [-0.15, -0.1) is 11.6 Å². The van der Waals surface area contributed by atoms with Crippen LogP contribution in [0.1, 0.15) is 33.2 Å². The van der Waals surface area contributed by atoms with Crippen LogP contribution in [0, 0.1) is 20.8 Å². The molecule has 2 rings (SSSR count). The molecule has 0 radical (unpaired) electrons. The molecule has 0 aliphatic heterocycles. The van der Waals surface area contributed by atoms with Crippen molar-refractivity contribution in [1.29, 1.82) is 0 Å². The van der Waals surface area contributed by atoms with E-state index >= 15 is 0 Å². The average molecular weight is 354 g/mol. The Labute approximate surface area is 134 Å². The van der Waals surface area contributed by atoms with Gasteiger partial charge in [-0.1, -0.05) is 40.2 Å². The SMILES string of the molecule is COc1c(C)cc(C(Cl)c2ccc(C)cc2Br)cc1C. The standard InChI is InChI=1S/C17H18BrClO/c1-10-5-6-14(15(18)7-10)16(19)13-8-11(2)17(20-4)12(3)9-13/h5-9,16H,1-4H3. The van der Waals surface area contributed by atoms with Crippen LogP contribution in [0.15, 0.2) is 34.8 Å². The largest absolute Gasteiger partial charge is 0.496 e. The third-order valence-electron chi connectivity index (χ3n) is 3.41. The predicted molar refractivity (Wildman–Crippen MR) is 89.0 cm³/mol. The van der Waals surface area contributed by atoms with Gasteiger partial charge in [0.05, 0.1) is 12.5 Å². The van der Waals surface area contributed by atoms with E-state index in [1.807, 2.05) is 13.8 Å². The number of benzene rings is 2. The Kier molecular flexibility index (Phi) is 4.77. The van der Waals surface area contributed by atoms with E-state index in [0.717, 1.165) is 32.5 Å². The first-order valence-corrected chi connectivity index (χ1v) is 7.72. The van der Waals surface area contributed by atoms with E-state index in [1.54, 1.807) is 7.11 Å². The van der Waals surface area contributed by atoms with Gasteiger partial charge in [-0.25, -0.2) is 0 Å². The van der Waals surface area contributed by atoms with Crippen LogP contribution in [0.4, 0.5) is 0 Å². The fourth-order valence-corrected chi connectivity index (χ4v) is 3.64. The summed E-state index contributed by atoms with van der Waals surface area (Å²) in [5, 5.41) is -0.173. The zero-order valence-corrected chi connectivity index (χ0v) is 14.5. The smallest absolute Gasteiger partial charge is 0.124 e. The molecule has 2 aromatic rings. The van der Waals surface area contributed by atoms with Crippen LogP contribution >= 0.6 is 27.5 Å². The molecule has 1 atom stereocenters. The molecular formula is C17H18BrClO. The third kappa shape index (κ3) is 3.02. The molecule has 1 unspecified atom stereocenters. The maximum Gasteiger partial charge on any atom is 0.124 e. The molecule has 1 nitrogen and oxygen atoms in total. The monoisotopic (exact) mass is 352 g/mol. The predicted octanol–water partition coefficient (Wildman–Crippen LogP) is 5.71. The Balaban J connectivity index is 2.45. The second kappa shape index (κ2) is 6.19. The fraction of sp³-hybridized carbons (Fsp3) is 0.294. The Bertz CT molecular complexity index is 614. The first-order valence-electron chi connectivity index (χ1n) is 6.49. The van der Waals surface area contributed by atoms with Crippen molar-refractivity contribution in [3.8, 4) is 5.75 Å². The van der Waals surface area contributed by atoms with Gasteiger partial charge in [-0.05, 0) is 54.7 Å². The minimum absolute atomic E-state index is 0.173. The minimum atomic E-state index is -0.173. The molecule has 0 fully saturated rings. The summed E-state index contributed by atoms with van der Waals surface area (Å²) >= 11 is 10.3. The topological polar surface area (TPSA) is 9.23 Å². The Morgan fingerprint density at radius 1 is 1.05 bits per heavy atom. The van der Waals surface area contributed by atoms with Gasteiger partial charge in [0.2, 0.25) is 0 Å². The number of alkyl halides is 1. The highest BCUT2D eigenvalue weighted by atomic mass is 79.9. The summed E-state index contributed by atoms with van der Waals surface area (Å²) in [5.74, 6) is 0.931. The Hall–Kier alpha value is -0.990. The maximum absolute atomic E-state index is 6.66. The molecule has 106 valence electrons. The highest BCUT2D eigenvalue weighted by molar-refractivity contribution is 9.10. The number of halogens is 2. The summed E-state index contributed by atoms with van der Waals surface area (Å²) in [4.78, 5) is 0. The van der Waals surface area contributed by atoms with E-state index in [1.165, 1.54) is 5.56 Å². The average Bonchev–Trinajstić information content (AvgIpc) is 2.37. The summed E-state index contributed by atoms with van der Waals surface area (Å²) in [6, 6.07) is 10.4. The molecule has 20 heavy (non-hydrogen) atoms. The third-order valence-corrected chi connectivity index (χ3v) is 4.58. The summed E-state index contributed by atoms with van der Waals surface area (Å²) < 4.78 is 6.45. The van der Waals surface area contributed by atoms with Crippen molar-refractivity contribution in [2.24, 2.45) is 0 Å². The lowest BCUT2D eigenvalue weighted by atomic mass is 9.98. The molecule has 0 heterocycles. The number of rotatable bonds is 3. The lowest BCUT2D eigenvalue weighted by Gasteiger charge is -2.16. The molecular weight excluding hydrogens is 336 g/mol. The van der Waals surface area contributed by atoms with Gasteiger partial charge in [0.1, 0.15) is 5.75 Å². The van der Waals surface area contributed by atoms with Crippen LogP contribution in [0.3, 0.4) is 0 Å². The van der Waals surface area contributed by atoms with Gasteiger partial charge in [-0.2, -0.15) is 0 Å². The normalized spacial score (nSPS) is 12.3. The molecule has 0 amide bonds. The van der Waals surface area contributed by atoms with E-state index in [-0.39, 0.29) is 5.38 Å². The molecule has 0 saturated heterocycles. The second-order valence-electron chi connectivity index (χ2n) is 5.08. The van der Waals surface area contributed by atoms with E-state index in [9.17, 15) is 0 Å². The zero-order valence-electron chi connectivity index (χ0n) is 12.1. The van der Waals surface area contributed by atoms with Gasteiger partial charge in [0.15, 0.2) is 0 Å². The Morgan fingerprint density at radius 2 is 1.65 bits per heavy atom. The van der Waals surface area contributed by atoms with Crippen LogP contribution in [0.25, 0.3) is 0 Å². The van der Waals surface area contributed by atoms with Gasteiger partial charge in [-0.3, -0.25) is 0 Å². The molecule has 0 saturated carbocycles. The molecule has 2 aromatic carbocycles. The van der Waals surface area contributed by atoms with E-state index in [0.29, 0.717) is 0 Å². The molecule has 0 bridgehead atoms. The lowest BCUT2D eigenvalue weighted by Crippen LogP contribution is -1.99. The van der Waals surface area contributed by atoms with Gasteiger partial charge in [0, 0.05) is 4.47 Å². The van der Waals surface area contributed by atoms with Crippen molar-refractivity contribution >= 4 is 27.5 Å². The molecule has 0 aromatic heterocycles. The summed E-state index contributed by atoms with van der Waals surface area (Å²) in [7, 11) is 1.70. The quantitative estimate of drug-likeness (QED) is 0.642. The van der Waals surface area contributed by atoms with Crippen molar-refractivity contribution in [3.63, 3.8) is 0 Å². The fourth-order valence-electron chi connectivity index (χ4n) is 2.47. The van der Waals surface area contributed by atoms with Crippen molar-refractivity contribution in [1.82, 2.24) is 0 Å². The van der Waals surface area contributed by atoms with E-state index in [2.05, 4.69) is 53.2 Å². The summed E-state index contributed by atoms with van der Waals surface area (Å²) in [6.07, 6.45) is 0. The van der Waals surface area contributed by atoms with Crippen molar-refractivity contribution in [2.45, 2.75) is 26.1 Å². The number of aryl methyl sites for hydroxylation is 3.